The van der Waals surface area contributed by atoms with Crippen molar-refractivity contribution in [3.05, 3.63) is 0 Å². The zero-order valence-electron chi connectivity index (χ0n) is 8.61. The summed E-state index contributed by atoms with van der Waals surface area (Å²) >= 11 is 3.71. The molecule has 0 aromatic heterocycles. The Kier molecular flexibility index (Phi) is 15.3. The second kappa shape index (κ2) is 11.9. The van der Waals surface area contributed by atoms with Crippen molar-refractivity contribution < 1.29 is 0 Å². The minimum absolute atomic E-state index is 0. The van der Waals surface area contributed by atoms with Crippen molar-refractivity contribution in [2.24, 2.45) is 0 Å². The number of alkyl halides is 1. The van der Waals surface area contributed by atoms with Gasteiger partial charge in [-0.25, -0.2) is 0 Å². The summed E-state index contributed by atoms with van der Waals surface area (Å²) in [5.74, 6) is 0. The van der Waals surface area contributed by atoms with Crippen molar-refractivity contribution in [2.45, 2.75) is 63.6 Å². The molecule has 0 N–H and O–H groups in total. The van der Waals surface area contributed by atoms with Gasteiger partial charge in [-0.2, -0.15) is 9.90 Å². The Morgan fingerprint density at radius 3 is 1.92 bits per heavy atom. The van der Waals surface area contributed by atoms with Crippen LogP contribution in [0.1, 0.15) is 58.8 Å². The van der Waals surface area contributed by atoms with Gasteiger partial charge in [0.15, 0.2) is 0 Å². The van der Waals surface area contributed by atoms with E-state index in [1.54, 1.807) is 0 Å². The maximum atomic E-state index is 3.71. The molecule has 2 atom stereocenters. The van der Waals surface area contributed by atoms with Crippen molar-refractivity contribution in [1.82, 2.24) is 0 Å². The smallest absolute Gasteiger partial charge is 0.0145 e. The Morgan fingerprint density at radius 2 is 1.42 bits per heavy atom. The molecule has 0 aliphatic carbocycles. The lowest BCUT2D eigenvalue weighted by atomic mass is 10.1. The molecular formula is C10H24BrP. The van der Waals surface area contributed by atoms with Gasteiger partial charge in [-0.05, 0) is 12.8 Å². The van der Waals surface area contributed by atoms with Gasteiger partial charge in [0.05, 0.1) is 0 Å². The van der Waals surface area contributed by atoms with Crippen LogP contribution in [0.4, 0.5) is 0 Å². The summed E-state index contributed by atoms with van der Waals surface area (Å²) < 4.78 is 0. The van der Waals surface area contributed by atoms with Gasteiger partial charge in [0.2, 0.25) is 0 Å². The quantitative estimate of drug-likeness (QED) is 0.355. The molecule has 0 amide bonds. The van der Waals surface area contributed by atoms with Crippen molar-refractivity contribution in [3.8, 4) is 0 Å². The number of hydrogen-bond acceptors (Lipinski definition) is 0. The summed E-state index contributed by atoms with van der Waals surface area (Å²) in [5, 5.41) is 0. The van der Waals surface area contributed by atoms with Gasteiger partial charge in [0, 0.05) is 4.83 Å². The summed E-state index contributed by atoms with van der Waals surface area (Å²) in [4.78, 5) is 0.786. The predicted molar refractivity (Wildman–Crippen MR) is 67.5 cm³/mol. The summed E-state index contributed by atoms with van der Waals surface area (Å²) in [6, 6.07) is 0. The average molecular weight is 255 g/mol. The predicted octanol–water partition coefficient (Wildman–Crippen LogP) is 4.58. The highest BCUT2D eigenvalue weighted by molar-refractivity contribution is 9.09. The lowest BCUT2D eigenvalue weighted by Gasteiger charge is -2.07. The molecule has 2 unspecified atom stereocenters. The van der Waals surface area contributed by atoms with Crippen LogP contribution in [0.2, 0.25) is 0 Å². The number of unbranched alkanes of at least 4 members (excludes halogenated alkanes) is 3. The lowest BCUT2D eigenvalue weighted by molar-refractivity contribution is 0.603. The molecule has 0 fully saturated rings. The second-order valence-electron chi connectivity index (χ2n) is 3.24. The Balaban J connectivity index is 0. The average Bonchev–Trinajstić information content (AvgIpc) is 2.01. The molecule has 0 nitrogen and oxygen atoms in total. The molecule has 0 saturated carbocycles. The van der Waals surface area contributed by atoms with E-state index in [-0.39, 0.29) is 9.90 Å². The van der Waals surface area contributed by atoms with Crippen LogP contribution in [-0.2, 0) is 0 Å². The number of hydrogen-bond donors (Lipinski definition) is 0. The first kappa shape index (κ1) is 15.4. The van der Waals surface area contributed by atoms with Crippen LogP contribution < -0.4 is 0 Å². The monoisotopic (exact) mass is 254 g/mol. The molecule has 0 rings (SSSR count). The van der Waals surface area contributed by atoms with Gasteiger partial charge in [-0.1, -0.05) is 61.9 Å². The lowest BCUT2D eigenvalue weighted by Crippen LogP contribution is -1.96. The van der Waals surface area contributed by atoms with Crippen LogP contribution in [-0.4, -0.2) is 4.83 Å². The van der Waals surface area contributed by atoms with E-state index < -0.39 is 0 Å². The SMILES string of the molecule is CCCCCC(Br)CCCC.P. The minimum atomic E-state index is 0. The van der Waals surface area contributed by atoms with Gasteiger partial charge in [-0.15, -0.1) is 0 Å². The van der Waals surface area contributed by atoms with E-state index >= 15 is 0 Å². The van der Waals surface area contributed by atoms with Gasteiger partial charge in [0.25, 0.3) is 0 Å². The third-order valence-corrected chi connectivity index (χ3v) is 2.91. The van der Waals surface area contributed by atoms with Crippen LogP contribution >= 0.6 is 25.8 Å². The topological polar surface area (TPSA) is 0 Å². The van der Waals surface area contributed by atoms with E-state index in [0.717, 1.165) is 4.83 Å². The second-order valence-corrected chi connectivity index (χ2v) is 4.53. The van der Waals surface area contributed by atoms with E-state index in [9.17, 15) is 0 Å². The van der Waals surface area contributed by atoms with E-state index in [2.05, 4.69) is 29.8 Å². The van der Waals surface area contributed by atoms with Gasteiger partial charge in [-0.3, -0.25) is 0 Å². The van der Waals surface area contributed by atoms with Crippen molar-refractivity contribution in [1.29, 1.82) is 0 Å². The van der Waals surface area contributed by atoms with E-state index in [1.165, 1.54) is 44.9 Å². The highest BCUT2D eigenvalue weighted by Gasteiger charge is 2.01. The molecule has 0 aromatic rings. The third kappa shape index (κ3) is 10.9. The molecule has 0 aliphatic heterocycles. The molecule has 0 saturated heterocycles. The zero-order chi connectivity index (χ0) is 8.53. The van der Waals surface area contributed by atoms with Crippen molar-refractivity contribution >= 4 is 25.8 Å². The van der Waals surface area contributed by atoms with E-state index in [4.69, 9.17) is 0 Å². The number of halogens is 1. The van der Waals surface area contributed by atoms with E-state index in [1.807, 2.05) is 0 Å². The molecule has 0 bridgehead atoms. The normalized spacial score (nSPS) is 12.2. The fourth-order valence-electron chi connectivity index (χ4n) is 1.19. The van der Waals surface area contributed by atoms with Gasteiger partial charge < -0.3 is 0 Å². The van der Waals surface area contributed by atoms with Crippen LogP contribution in [0.15, 0.2) is 0 Å². The third-order valence-electron chi connectivity index (χ3n) is 1.99. The van der Waals surface area contributed by atoms with Crippen molar-refractivity contribution in [2.75, 3.05) is 0 Å². The fourth-order valence-corrected chi connectivity index (χ4v) is 1.83. The molecule has 0 spiro atoms. The molecule has 76 valence electrons. The first-order chi connectivity index (χ1) is 5.31. The van der Waals surface area contributed by atoms with Gasteiger partial charge in [0.1, 0.15) is 0 Å². The van der Waals surface area contributed by atoms with Gasteiger partial charge >= 0.3 is 0 Å². The Bertz CT molecular complexity index is 76.2. The van der Waals surface area contributed by atoms with E-state index in [0.29, 0.717) is 0 Å². The van der Waals surface area contributed by atoms with Crippen LogP contribution in [0.3, 0.4) is 0 Å². The molecule has 12 heavy (non-hydrogen) atoms. The summed E-state index contributed by atoms with van der Waals surface area (Å²) in [6.45, 7) is 4.51. The zero-order valence-corrected chi connectivity index (χ0v) is 11.6. The Morgan fingerprint density at radius 1 is 0.917 bits per heavy atom. The minimum Gasteiger partial charge on any atom is -0.153 e. The molecule has 2 heteroatoms. The summed E-state index contributed by atoms with van der Waals surface area (Å²) in [6.07, 6.45) is 9.57. The highest BCUT2D eigenvalue weighted by atomic mass is 79.9. The molecule has 0 heterocycles. The van der Waals surface area contributed by atoms with Crippen LogP contribution in [0.5, 0.6) is 0 Å². The highest BCUT2D eigenvalue weighted by Crippen LogP contribution is 2.16. The Hall–Kier alpha value is 0.910. The largest absolute Gasteiger partial charge is 0.153 e. The Labute approximate surface area is 89.6 Å². The molecule has 0 radical (unpaired) electrons. The number of rotatable bonds is 7. The van der Waals surface area contributed by atoms with Crippen LogP contribution in [0, 0.1) is 0 Å². The molecule has 0 aromatic carbocycles. The summed E-state index contributed by atoms with van der Waals surface area (Å²) in [7, 11) is 0. The fraction of sp³-hybridized carbons (Fsp3) is 1.00. The maximum absolute atomic E-state index is 3.71. The first-order valence-corrected chi connectivity index (χ1v) is 5.86. The summed E-state index contributed by atoms with van der Waals surface area (Å²) in [5.41, 5.74) is 0. The molecule has 0 aliphatic rings. The van der Waals surface area contributed by atoms with Crippen molar-refractivity contribution in [3.63, 3.8) is 0 Å². The van der Waals surface area contributed by atoms with Crippen LogP contribution in [0.25, 0.3) is 0 Å². The first-order valence-electron chi connectivity index (χ1n) is 4.95. The molecular weight excluding hydrogens is 231 g/mol. The maximum Gasteiger partial charge on any atom is 0.0145 e. The standard InChI is InChI=1S/C10H21Br.H3P/c1-3-5-7-9-10(11)8-6-4-2;/h10H,3-9H2,1-2H3;1H3.